The average Bonchev–Trinajstić information content (AvgIpc) is 3.15. The van der Waals surface area contributed by atoms with Gasteiger partial charge in [-0.25, -0.2) is 4.98 Å². The summed E-state index contributed by atoms with van der Waals surface area (Å²) in [6.07, 6.45) is 4.15. The highest BCUT2D eigenvalue weighted by atomic mass is 35.5. The largest absolute Gasteiger partial charge is 0.368 e. The molecule has 0 bridgehead atoms. The minimum Gasteiger partial charge on any atom is -0.368 e. The lowest BCUT2D eigenvalue weighted by molar-refractivity contribution is 0.00185. The topological polar surface area (TPSA) is 37.9 Å². The van der Waals surface area contributed by atoms with Crippen LogP contribution in [0.25, 0.3) is 0 Å². The molecule has 146 valence electrons. The molecule has 0 fully saturated rings. The molecule has 0 saturated heterocycles. The van der Waals surface area contributed by atoms with Gasteiger partial charge in [-0.05, 0) is 29.8 Å². The molecule has 1 aliphatic heterocycles. The van der Waals surface area contributed by atoms with Crippen LogP contribution in [0, 0.1) is 5.92 Å². The highest BCUT2D eigenvalue weighted by molar-refractivity contribution is 7.99. The molecule has 1 aliphatic rings. The van der Waals surface area contributed by atoms with Crippen LogP contribution in [0.1, 0.15) is 23.1 Å². The van der Waals surface area contributed by atoms with E-state index in [1.165, 1.54) is 0 Å². The summed E-state index contributed by atoms with van der Waals surface area (Å²) in [6, 6.07) is 9.13. The van der Waals surface area contributed by atoms with E-state index in [2.05, 4.69) is 9.97 Å². The van der Waals surface area contributed by atoms with Gasteiger partial charge < -0.3 is 9.72 Å². The fraction of sp³-hybridized carbons (Fsp3) is 0.250. The van der Waals surface area contributed by atoms with Gasteiger partial charge in [0, 0.05) is 61.0 Å². The number of H-pyrrole nitrogens is 1. The van der Waals surface area contributed by atoms with Gasteiger partial charge >= 0.3 is 0 Å². The summed E-state index contributed by atoms with van der Waals surface area (Å²) < 4.78 is 6.39. The van der Waals surface area contributed by atoms with Crippen LogP contribution >= 0.6 is 58.2 Å². The quantitative estimate of drug-likeness (QED) is 0.424. The number of hydrogen-bond donors (Lipinski definition) is 1. The predicted octanol–water partition coefficient (Wildman–Crippen LogP) is 7.25. The second-order valence-electron chi connectivity index (χ2n) is 6.58. The molecule has 0 unspecified atom stereocenters. The first-order chi connectivity index (χ1) is 13.5. The molecule has 28 heavy (non-hydrogen) atoms. The molecule has 1 aromatic heterocycles. The van der Waals surface area contributed by atoms with E-state index in [9.17, 15) is 0 Å². The maximum atomic E-state index is 6.58. The lowest BCUT2D eigenvalue weighted by Gasteiger charge is -2.33. The monoisotopic (exact) mass is 472 g/mol. The lowest BCUT2D eigenvalue weighted by atomic mass is 9.93. The Morgan fingerprint density at radius 2 is 1.89 bits per heavy atom. The number of aromatic nitrogens is 2. The van der Waals surface area contributed by atoms with Crippen LogP contribution in [0.15, 0.2) is 47.6 Å². The molecule has 3 aromatic rings. The van der Waals surface area contributed by atoms with Gasteiger partial charge in [0.25, 0.3) is 0 Å². The van der Waals surface area contributed by atoms with Crippen molar-refractivity contribution in [1.29, 1.82) is 0 Å². The normalized spacial score (nSPS) is 18.9. The minimum absolute atomic E-state index is 0.196. The molecule has 8 heteroatoms. The van der Waals surface area contributed by atoms with E-state index in [4.69, 9.17) is 51.1 Å². The van der Waals surface area contributed by atoms with Crippen molar-refractivity contribution in [2.24, 2.45) is 5.92 Å². The molecule has 1 N–H and O–H groups in total. The Bertz CT molecular complexity index is 981. The molecule has 0 saturated carbocycles. The Labute approximate surface area is 187 Å². The molecular formula is C20H16Cl4N2OS. The van der Waals surface area contributed by atoms with Crippen molar-refractivity contribution in [2.75, 3.05) is 5.75 Å². The fourth-order valence-electron chi connectivity index (χ4n) is 3.34. The highest BCUT2D eigenvalue weighted by Gasteiger charge is 2.34. The SMILES string of the molecule is Clc1ccc(CO[C@@H]2c3c(Cl)cc(Cl)cc3SC[C@@H]2Cc2ncc[nH]2)c(Cl)c1. The van der Waals surface area contributed by atoms with Gasteiger partial charge in [0.05, 0.1) is 12.7 Å². The van der Waals surface area contributed by atoms with E-state index in [0.717, 1.165) is 34.0 Å². The zero-order chi connectivity index (χ0) is 19.7. The second kappa shape index (κ2) is 8.86. The van der Waals surface area contributed by atoms with E-state index in [0.29, 0.717) is 26.7 Å². The molecule has 0 amide bonds. The van der Waals surface area contributed by atoms with Crippen LogP contribution in [-0.4, -0.2) is 15.7 Å². The van der Waals surface area contributed by atoms with Gasteiger partial charge in [-0.1, -0.05) is 52.5 Å². The summed E-state index contributed by atoms with van der Waals surface area (Å²) >= 11 is 26.9. The third-order valence-corrected chi connectivity index (χ3v) is 7.03. The number of imidazole rings is 1. The summed E-state index contributed by atoms with van der Waals surface area (Å²) in [4.78, 5) is 8.60. The third-order valence-electron chi connectivity index (χ3n) is 4.67. The van der Waals surface area contributed by atoms with E-state index < -0.39 is 0 Å². The molecule has 0 spiro atoms. The number of hydrogen-bond acceptors (Lipinski definition) is 3. The fourth-order valence-corrected chi connectivity index (χ4v) is 5.80. The summed E-state index contributed by atoms with van der Waals surface area (Å²) in [5.41, 5.74) is 1.86. The van der Waals surface area contributed by atoms with Crippen molar-refractivity contribution >= 4 is 58.2 Å². The van der Waals surface area contributed by atoms with Crippen LogP contribution in [-0.2, 0) is 17.8 Å². The molecule has 2 heterocycles. The Morgan fingerprint density at radius 3 is 2.64 bits per heavy atom. The summed E-state index contributed by atoms with van der Waals surface area (Å²) in [5.74, 6) is 2.01. The molecule has 3 nitrogen and oxygen atoms in total. The van der Waals surface area contributed by atoms with Crippen molar-refractivity contribution < 1.29 is 4.74 Å². The van der Waals surface area contributed by atoms with E-state index in [1.54, 1.807) is 30.1 Å². The molecular weight excluding hydrogens is 458 g/mol. The van der Waals surface area contributed by atoms with Crippen molar-refractivity contribution in [3.63, 3.8) is 0 Å². The second-order valence-corrected chi connectivity index (χ2v) is 9.33. The van der Waals surface area contributed by atoms with Crippen LogP contribution in [0.5, 0.6) is 0 Å². The number of thioether (sulfide) groups is 1. The van der Waals surface area contributed by atoms with Gasteiger partial charge in [0.1, 0.15) is 5.82 Å². The predicted molar refractivity (Wildman–Crippen MR) is 117 cm³/mol. The van der Waals surface area contributed by atoms with E-state index >= 15 is 0 Å². The van der Waals surface area contributed by atoms with Crippen molar-refractivity contribution in [3.8, 4) is 0 Å². The van der Waals surface area contributed by atoms with Crippen molar-refractivity contribution in [2.45, 2.75) is 24.0 Å². The average molecular weight is 474 g/mol. The zero-order valence-electron chi connectivity index (χ0n) is 14.6. The van der Waals surface area contributed by atoms with E-state index in [1.807, 2.05) is 24.4 Å². The summed E-state index contributed by atoms with van der Waals surface area (Å²) in [7, 11) is 0. The smallest absolute Gasteiger partial charge is 0.106 e. The number of fused-ring (bicyclic) bond motifs is 1. The summed E-state index contributed by atoms with van der Waals surface area (Å²) in [6.45, 7) is 0.360. The van der Waals surface area contributed by atoms with Crippen LogP contribution in [0.3, 0.4) is 0 Å². The Hall–Kier alpha value is -0.880. The number of nitrogens with one attached hydrogen (secondary N) is 1. The molecule has 2 aromatic carbocycles. The van der Waals surface area contributed by atoms with Crippen molar-refractivity contribution in [1.82, 2.24) is 9.97 Å². The Morgan fingerprint density at radius 1 is 1.07 bits per heavy atom. The Kier molecular flexibility index (Phi) is 6.46. The molecule has 0 radical (unpaired) electrons. The third kappa shape index (κ3) is 4.48. The number of nitrogens with zero attached hydrogens (tertiary/aromatic N) is 1. The number of aromatic amines is 1. The molecule has 2 atom stereocenters. The van der Waals surface area contributed by atoms with E-state index in [-0.39, 0.29) is 12.0 Å². The van der Waals surface area contributed by atoms with Crippen molar-refractivity contribution in [3.05, 3.63) is 79.8 Å². The van der Waals surface area contributed by atoms with Gasteiger partial charge in [-0.15, -0.1) is 11.8 Å². The highest BCUT2D eigenvalue weighted by Crippen LogP contribution is 2.47. The standard InChI is InChI=1S/C20H16Cl4N2OS/c21-13-2-1-11(15(23)6-13)9-27-20-12(5-18-25-3-4-26-18)10-28-17-8-14(22)7-16(24)19(17)20/h1-4,6-8,12,20H,5,9-10H2,(H,25,26)/t12-,20-/m0/s1. The maximum absolute atomic E-state index is 6.58. The first-order valence-electron chi connectivity index (χ1n) is 8.67. The lowest BCUT2D eigenvalue weighted by Crippen LogP contribution is -2.25. The van der Waals surface area contributed by atoms with Gasteiger partial charge in [0.15, 0.2) is 0 Å². The first kappa shape index (κ1) is 20.4. The summed E-state index contributed by atoms with van der Waals surface area (Å²) in [5, 5.41) is 2.43. The number of halogens is 4. The number of benzene rings is 2. The van der Waals surface area contributed by atoms with Gasteiger partial charge in [-0.3, -0.25) is 0 Å². The Balaban J connectivity index is 1.64. The minimum atomic E-state index is -0.196. The molecule has 0 aliphatic carbocycles. The molecule has 4 rings (SSSR count). The zero-order valence-corrected chi connectivity index (χ0v) is 18.4. The maximum Gasteiger partial charge on any atom is 0.106 e. The number of rotatable bonds is 5. The van der Waals surface area contributed by atoms with Gasteiger partial charge in [-0.2, -0.15) is 0 Å². The van der Waals surface area contributed by atoms with Crippen LogP contribution < -0.4 is 0 Å². The van der Waals surface area contributed by atoms with Crippen LogP contribution in [0.2, 0.25) is 20.1 Å². The van der Waals surface area contributed by atoms with Gasteiger partial charge in [0.2, 0.25) is 0 Å². The first-order valence-corrected chi connectivity index (χ1v) is 11.2. The number of ether oxygens (including phenoxy) is 1. The van der Waals surface area contributed by atoms with Crippen LogP contribution in [0.4, 0.5) is 0 Å².